The van der Waals surface area contributed by atoms with Crippen LogP contribution in [0, 0.1) is 0 Å². The van der Waals surface area contributed by atoms with E-state index in [0.717, 1.165) is 31.5 Å². The van der Waals surface area contributed by atoms with Gasteiger partial charge in [-0.25, -0.2) is 0 Å². The van der Waals surface area contributed by atoms with Gasteiger partial charge in [-0.15, -0.1) is 11.3 Å². The van der Waals surface area contributed by atoms with Crippen molar-refractivity contribution >= 4 is 40.6 Å². The first kappa shape index (κ1) is 19.3. The second-order valence-electron chi connectivity index (χ2n) is 7.12. The van der Waals surface area contributed by atoms with Crippen LogP contribution < -0.4 is 10.2 Å². The maximum absolute atomic E-state index is 12.7. The van der Waals surface area contributed by atoms with Crippen molar-refractivity contribution in [1.82, 2.24) is 10.2 Å². The topological polar surface area (TPSA) is 52.7 Å². The van der Waals surface area contributed by atoms with Crippen LogP contribution in [0.15, 0.2) is 41.8 Å². The first-order valence-corrected chi connectivity index (χ1v) is 11.8. The van der Waals surface area contributed by atoms with Gasteiger partial charge in [-0.2, -0.15) is 11.8 Å². The molecular formula is C21H25N3O2S2. The third kappa shape index (κ3) is 4.36. The van der Waals surface area contributed by atoms with Crippen LogP contribution in [-0.2, 0) is 11.3 Å². The van der Waals surface area contributed by atoms with Crippen LogP contribution in [0.25, 0.3) is 0 Å². The summed E-state index contributed by atoms with van der Waals surface area (Å²) in [6, 6.07) is 11.8. The first-order chi connectivity index (χ1) is 13.7. The lowest BCUT2D eigenvalue weighted by Crippen LogP contribution is -2.45. The van der Waals surface area contributed by atoms with Gasteiger partial charge < -0.3 is 15.1 Å². The molecule has 0 spiro atoms. The fraction of sp³-hybridized carbons (Fsp3) is 0.429. The largest absolute Gasteiger partial charge is 0.370 e. The van der Waals surface area contributed by atoms with Gasteiger partial charge in [-0.3, -0.25) is 9.59 Å². The second-order valence-corrected chi connectivity index (χ2v) is 9.29. The van der Waals surface area contributed by atoms with Crippen molar-refractivity contribution in [3.05, 3.63) is 52.2 Å². The summed E-state index contributed by atoms with van der Waals surface area (Å²) in [7, 11) is 0. The molecule has 0 bridgehead atoms. The maximum Gasteiger partial charge on any atom is 0.264 e. The Kier molecular flexibility index (Phi) is 6.22. The Morgan fingerprint density at radius 2 is 1.86 bits per heavy atom. The lowest BCUT2D eigenvalue weighted by molar-refractivity contribution is -0.125. The summed E-state index contributed by atoms with van der Waals surface area (Å²) in [4.78, 5) is 30.2. The number of thioether (sulfide) groups is 1. The molecule has 1 atom stereocenters. The van der Waals surface area contributed by atoms with E-state index in [9.17, 15) is 9.59 Å². The lowest BCUT2D eigenvalue weighted by atomic mass is 10.1. The molecule has 1 aromatic heterocycles. The fourth-order valence-corrected chi connectivity index (χ4v) is 5.36. The van der Waals surface area contributed by atoms with Crippen LogP contribution in [0.2, 0.25) is 0 Å². The molecule has 2 amide bonds. The molecule has 4 rings (SSSR count). The molecule has 2 aliphatic rings. The third-order valence-corrected chi connectivity index (χ3v) is 7.13. The van der Waals surface area contributed by atoms with Crippen LogP contribution in [0.5, 0.6) is 0 Å². The molecule has 2 fully saturated rings. The van der Waals surface area contributed by atoms with Crippen molar-refractivity contribution < 1.29 is 9.59 Å². The SMILES string of the molecule is O=C(NCc1ccc(N2CCSCC2)cc1)[C@@H]1CCCN1C(=O)c1cccs1. The highest BCUT2D eigenvalue weighted by molar-refractivity contribution is 7.99. The van der Waals surface area contributed by atoms with Gasteiger partial charge in [0.1, 0.15) is 6.04 Å². The van der Waals surface area contributed by atoms with Crippen LogP contribution in [0.3, 0.4) is 0 Å². The van der Waals surface area contributed by atoms with Crippen LogP contribution in [-0.4, -0.2) is 53.9 Å². The van der Waals surface area contributed by atoms with Gasteiger partial charge in [0.25, 0.3) is 5.91 Å². The summed E-state index contributed by atoms with van der Waals surface area (Å²) in [6.45, 7) is 3.33. The van der Waals surface area contributed by atoms with Crippen molar-refractivity contribution in [2.75, 3.05) is 36.0 Å². The molecule has 0 aliphatic carbocycles. The van der Waals surface area contributed by atoms with E-state index in [1.54, 1.807) is 4.90 Å². The Morgan fingerprint density at radius 3 is 2.57 bits per heavy atom. The van der Waals surface area contributed by atoms with Crippen molar-refractivity contribution in [3.63, 3.8) is 0 Å². The summed E-state index contributed by atoms with van der Waals surface area (Å²) >= 11 is 3.43. The number of nitrogens with one attached hydrogen (secondary N) is 1. The molecule has 3 heterocycles. The van der Waals surface area contributed by atoms with Gasteiger partial charge >= 0.3 is 0 Å². The molecule has 0 unspecified atom stereocenters. The lowest BCUT2D eigenvalue weighted by Gasteiger charge is -2.28. The zero-order valence-corrected chi connectivity index (χ0v) is 17.4. The second kappa shape index (κ2) is 9.01. The fourth-order valence-electron chi connectivity index (χ4n) is 3.78. The van der Waals surface area contributed by atoms with E-state index in [1.165, 1.54) is 28.5 Å². The monoisotopic (exact) mass is 415 g/mol. The zero-order chi connectivity index (χ0) is 19.3. The third-order valence-electron chi connectivity index (χ3n) is 5.33. The summed E-state index contributed by atoms with van der Waals surface area (Å²) < 4.78 is 0. The molecule has 1 N–H and O–H groups in total. The maximum atomic E-state index is 12.7. The number of benzene rings is 1. The van der Waals surface area contributed by atoms with E-state index in [1.807, 2.05) is 29.3 Å². The van der Waals surface area contributed by atoms with E-state index in [0.29, 0.717) is 18.0 Å². The number of hydrogen-bond donors (Lipinski definition) is 1. The summed E-state index contributed by atoms with van der Waals surface area (Å²) in [5.74, 6) is 2.27. The average molecular weight is 416 g/mol. The Balaban J connectivity index is 1.32. The first-order valence-electron chi connectivity index (χ1n) is 9.76. The number of carbonyl (C=O) groups is 2. The van der Waals surface area contributed by atoms with Gasteiger partial charge in [0.2, 0.25) is 5.91 Å². The molecular weight excluding hydrogens is 390 g/mol. The van der Waals surface area contributed by atoms with Gasteiger partial charge in [0.05, 0.1) is 4.88 Å². The minimum atomic E-state index is -0.361. The molecule has 2 aliphatic heterocycles. The number of thiophene rings is 1. The number of nitrogens with zero attached hydrogens (tertiary/aromatic N) is 2. The highest BCUT2D eigenvalue weighted by Crippen LogP contribution is 2.23. The number of rotatable bonds is 5. The summed E-state index contributed by atoms with van der Waals surface area (Å²) in [6.07, 6.45) is 1.60. The van der Waals surface area contributed by atoms with Gasteiger partial charge in [-0.1, -0.05) is 18.2 Å². The molecule has 5 nitrogen and oxygen atoms in total. The molecule has 2 aromatic rings. The predicted octanol–water partition coefficient (Wildman–Crippen LogP) is 3.22. The highest BCUT2D eigenvalue weighted by Gasteiger charge is 2.34. The number of hydrogen-bond acceptors (Lipinski definition) is 5. The highest BCUT2D eigenvalue weighted by atomic mass is 32.2. The Morgan fingerprint density at radius 1 is 1.07 bits per heavy atom. The average Bonchev–Trinajstić information content (AvgIpc) is 3.45. The minimum Gasteiger partial charge on any atom is -0.370 e. The van der Waals surface area contributed by atoms with Gasteiger partial charge in [0, 0.05) is 43.4 Å². The van der Waals surface area contributed by atoms with Crippen LogP contribution >= 0.6 is 23.1 Å². The van der Waals surface area contributed by atoms with E-state index < -0.39 is 0 Å². The van der Waals surface area contributed by atoms with Crippen molar-refractivity contribution in [2.24, 2.45) is 0 Å². The van der Waals surface area contributed by atoms with E-state index >= 15 is 0 Å². The number of likely N-dealkylation sites (tertiary alicyclic amines) is 1. The molecule has 2 saturated heterocycles. The van der Waals surface area contributed by atoms with E-state index in [2.05, 4.69) is 34.5 Å². The van der Waals surface area contributed by atoms with Crippen molar-refractivity contribution in [2.45, 2.75) is 25.4 Å². The normalized spacial score (nSPS) is 19.6. The van der Waals surface area contributed by atoms with Gasteiger partial charge in [-0.05, 0) is 42.0 Å². The van der Waals surface area contributed by atoms with Crippen molar-refractivity contribution in [1.29, 1.82) is 0 Å². The Bertz CT molecular complexity index is 802. The predicted molar refractivity (Wildman–Crippen MR) is 116 cm³/mol. The smallest absolute Gasteiger partial charge is 0.264 e. The Hall–Kier alpha value is -1.99. The number of anilines is 1. The summed E-state index contributed by atoms with van der Waals surface area (Å²) in [5, 5.41) is 4.92. The molecule has 7 heteroatoms. The molecule has 0 radical (unpaired) electrons. The van der Waals surface area contributed by atoms with Gasteiger partial charge in [0.15, 0.2) is 0 Å². The molecule has 148 valence electrons. The van der Waals surface area contributed by atoms with E-state index in [4.69, 9.17) is 0 Å². The standard InChI is InChI=1S/C21H25N3O2S2/c25-20(18-3-1-9-24(18)21(26)19-4-2-12-28-19)22-15-16-5-7-17(8-6-16)23-10-13-27-14-11-23/h2,4-8,12,18H,1,3,9-11,13-15H2,(H,22,25)/t18-/m0/s1. The summed E-state index contributed by atoms with van der Waals surface area (Å²) in [5.41, 5.74) is 2.33. The van der Waals surface area contributed by atoms with Crippen molar-refractivity contribution in [3.8, 4) is 0 Å². The number of amides is 2. The molecule has 0 saturated carbocycles. The quantitative estimate of drug-likeness (QED) is 0.815. The molecule has 28 heavy (non-hydrogen) atoms. The Labute approximate surface area is 174 Å². The number of carbonyl (C=O) groups excluding carboxylic acids is 2. The van der Waals surface area contributed by atoms with Crippen LogP contribution in [0.4, 0.5) is 5.69 Å². The molecule has 1 aromatic carbocycles. The van der Waals surface area contributed by atoms with Crippen LogP contribution in [0.1, 0.15) is 28.1 Å². The minimum absolute atomic E-state index is 0.0308. The van der Waals surface area contributed by atoms with E-state index in [-0.39, 0.29) is 17.9 Å². The zero-order valence-electron chi connectivity index (χ0n) is 15.8.